The number of carbonyl (C=O) groups is 1. The summed E-state index contributed by atoms with van der Waals surface area (Å²) < 4.78 is 39.1. The maximum Gasteiger partial charge on any atom is 0.418 e. The summed E-state index contributed by atoms with van der Waals surface area (Å²) in [5.41, 5.74) is -0.838. The first-order valence-electron chi connectivity index (χ1n) is 7.26. The average Bonchev–Trinajstić information content (AvgIpc) is 2.51. The summed E-state index contributed by atoms with van der Waals surface area (Å²) in [5, 5.41) is 20.9. The van der Waals surface area contributed by atoms with Gasteiger partial charge in [-0.25, -0.2) is 0 Å². The number of rotatable bonds is 4. The molecule has 134 valence electrons. The monoisotopic (exact) mass is 373 g/mol. The first kappa shape index (κ1) is 18.9. The lowest BCUT2D eigenvalue weighted by Crippen LogP contribution is -2.24. The molecule has 0 aliphatic heterocycles. The van der Waals surface area contributed by atoms with E-state index in [1.165, 1.54) is 24.3 Å². The molecule has 4 nitrogen and oxygen atoms in total. The van der Waals surface area contributed by atoms with Crippen LogP contribution in [0.2, 0.25) is 5.02 Å². The maximum absolute atomic E-state index is 13.0. The minimum Gasteiger partial charge on any atom is -0.504 e. The lowest BCUT2D eigenvalue weighted by Gasteiger charge is -2.17. The summed E-state index contributed by atoms with van der Waals surface area (Å²) in [5.74, 6) is -1.90. The zero-order chi connectivity index (χ0) is 18.8. The number of hydrogen-bond donors (Lipinski definition) is 3. The third-order valence-electron chi connectivity index (χ3n) is 3.57. The minimum atomic E-state index is -4.65. The van der Waals surface area contributed by atoms with Crippen molar-refractivity contribution in [3.63, 3.8) is 0 Å². The van der Waals surface area contributed by atoms with Crippen molar-refractivity contribution in [1.82, 2.24) is 0 Å². The topological polar surface area (TPSA) is 69.6 Å². The Morgan fingerprint density at radius 1 is 1.16 bits per heavy atom. The molecular formula is C17H15ClF3NO3. The van der Waals surface area contributed by atoms with Crippen molar-refractivity contribution in [3.8, 4) is 11.5 Å². The van der Waals surface area contributed by atoms with E-state index in [-0.39, 0.29) is 28.6 Å². The first-order valence-corrected chi connectivity index (χ1v) is 7.64. The molecule has 2 aromatic rings. The fourth-order valence-electron chi connectivity index (χ4n) is 2.26. The molecule has 25 heavy (non-hydrogen) atoms. The van der Waals surface area contributed by atoms with Gasteiger partial charge in [-0.05, 0) is 42.3 Å². The number of carbonyl (C=O) groups excluding carboxylic acids is 1. The molecule has 1 atom stereocenters. The van der Waals surface area contributed by atoms with Gasteiger partial charge in [-0.1, -0.05) is 24.6 Å². The van der Waals surface area contributed by atoms with Gasteiger partial charge >= 0.3 is 6.18 Å². The highest BCUT2D eigenvalue weighted by molar-refractivity contribution is 6.30. The number of phenols is 2. The van der Waals surface area contributed by atoms with Crippen molar-refractivity contribution >= 4 is 23.2 Å². The fourth-order valence-corrected chi connectivity index (χ4v) is 2.43. The number of alkyl halides is 3. The molecule has 0 aliphatic rings. The molecule has 2 aromatic carbocycles. The van der Waals surface area contributed by atoms with E-state index in [2.05, 4.69) is 5.32 Å². The molecule has 0 saturated carbocycles. The van der Waals surface area contributed by atoms with E-state index >= 15 is 0 Å². The molecule has 8 heteroatoms. The minimum absolute atomic E-state index is 0.0852. The fraction of sp³-hybridized carbons (Fsp3) is 0.235. The van der Waals surface area contributed by atoms with Crippen LogP contribution in [0.5, 0.6) is 11.5 Å². The molecule has 0 aromatic heterocycles. The maximum atomic E-state index is 13.0. The molecule has 3 N–H and O–H groups in total. The Kier molecular flexibility index (Phi) is 5.47. The van der Waals surface area contributed by atoms with Crippen LogP contribution in [0.15, 0.2) is 36.4 Å². The molecule has 1 unspecified atom stereocenters. The van der Waals surface area contributed by atoms with Crippen molar-refractivity contribution in [2.24, 2.45) is 5.92 Å². The van der Waals surface area contributed by atoms with Crippen LogP contribution in [0.25, 0.3) is 0 Å². The van der Waals surface area contributed by atoms with Gasteiger partial charge in [0, 0.05) is 10.9 Å². The Hall–Kier alpha value is -2.41. The molecule has 0 bridgehead atoms. The Morgan fingerprint density at radius 2 is 1.84 bits per heavy atom. The van der Waals surface area contributed by atoms with Crippen molar-refractivity contribution in [3.05, 3.63) is 52.5 Å². The van der Waals surface area contributed by atoms with Crippen LogP contribution in [0.4, 0.5) is 18.9 Å². The zero-order valence-electron chi connectivity index (χ0n) is 13.1. The van der Waals surface area contributed by atoms with Crippen LogP contribution in [-0.4, -0.2) is 16.1 Å². The first-order chi connectivity index (χ1) is 11.6. The van der Waals surface area contributed by atoms with Crippen LogP contribution in [-0.2, 0) is 17.4 Å². The van der Waals surface area contributed by atoms with Gasteiger partial charge in [0.05, 0.1) is 11.3 Å². The number of halogens is 4. The van der Waals surface area contributed by atoms with Crippen LogP contribution in [0, 0.1) is 5.92 Å². The van der Waals surface area contributed by atoms with Crippen molar-refractivity contribution in [1.29, 1.82) is 0 Å². The average molecular weight is 374 g/mol. The van der Waals surface area contributed by atoms with Gasteiger partial charge in [0.2, 0.25) is 5.91 Å². The van der Waals surface area contributed by atoms with Gasteiger partial charge < -0.3 is 15.5 Å². The van der Waals surface area contributed by atoms with Crippen molar-refractivity contribution < 1.29 is 28.2 Å². The Labute approximate surface area is 146 Å². The number of nitrogens with one attached hydrogen (secondary N) is 1. The molecule has 0 fully saturated rings. The third-order valence-corrected chi connectivity index (χ3v) is 3.81. The van der Waals surface area contributed by atoms with E-state index in [4.69, 9.17) is 11.6 Å². The molecule has 0 aliphatic carbocycles. The Balaban J connectivity index is 2.15. The second-order valence-electron chi connectivity index (χ2n) is 5.61. The van der Waals surface area contributed by atoms with E-state index in [1.807, 2.05) is 0 Å². The quantitative estimate of drug-likeness (QED) is 0.687. The molecule has 0 radical (unpaired) electrons. The second kappa shape index (κ2) is 7.23. The molecule has 0 heterocycles. The SMILES string of the molecule is CC(Cc1ccc(O)c(O)c1)C(=O)Nc1ccc(Cl)cc1C(F)(F)F. The number of hydrogen-bond acceptors (Lipinski definition) is 3. The highest BCUT2D eigenvalue weighted by Crippen LogP contribution is 2.36. The number of anilines is 1. The van der Waals surface area contributed by atoms with Gasteiger partial charge in [-0.15, -0.1) is 0 Å². The standard InChI is InChI=1S/C17H15ClF3NO3/c1-9(6-10-2-5-14(23)15(24)7-10)16(25)22-13-4-3-11(18)8-12(13)17(19,20)21/h2-5,7-9,23-24H,6H2,1H3,(H,22,25). The summed E-state index contributed by atoms with van der Waals surface area (Å²) in [6.07, 6.45) is -4.48. The van der Waals surface area contributed by atoms with Gasteiger partial charge in [0.15, 0.2) is 11.5 Å². The molecule has 0 spiro atoms. The van der Waals surface area contributed by atoms with Gasteiger partial charge in [-0.2, -0.15) is 13.2 Å². The molecular weight excluding hydrogens is 359 g/mol. The van der Waals surface area contributed by atoms with Gasteiger partial charge in [0.1, 0.15) is 0 Å². The summed E-state index contributed by atoms with van der Waals surface area (Å²) >= 11 is 5.60. The predicted molar refractivity (Wildman–Crippen MR) is 87.7 cm³/mol. The predicted octanol–water partition coefficient (Wildman–Crippen LogP) is 4.59. The van der Waals surface area contributed by atoms with Crippen LogP contribution >= 0.6 is 11.6 Å². The Bertz CT molecular complexity index is 793. The normalized spacial score (nSPS) is 12.7. The smallest absolute Gasteiger partial charge is 0.418 e. The van der Waals surface area contributed by atoms with Crippen LogP contribution in [0.3, 0.4) is 0 Å². The lowest BCUT2D eigenvalue weighted by atomic mass is 9.99. The zero-order valence-corrected chi connectivity index (χ0v) is 13.8. The largest absolute Gasteiger partial charge is 0.504 e. The summed E-state index contributed by atoms with van der Waals surface area (Å²) in [4.78, 5) is 12.2. The van der Waals surface area contributed by atoms with E-state index < -0.39 is 23.6 Å². The van der Waals surface area contributed by atoms with Crippen molar-refractivity contribution in [2.75, 3.05) is 5.32 Å². The molecule has 2 rings (SSSR count). The van der Waals surface area contributed by atoms with Gasteiger partial charge in [-0.3, -0.25) is 4.79 Å². The van der Waals surface area contributed by atoms with E-state index in [0.29, 0.717) is 5.56 Å². The number of phenolic OH excluding ortho intramolecular Hbond substituents is 2. The molecule has 0 saturated heterocycles. The van der Waals surface area contributed by atoms with Crippen molar-refractivity contribution in [2.45, 2.75) is 19.5 Å². The van der Waals surface area contributed by atoms with Gasteiger partial charge in [0.25, 0.3) is 0 Å². The van der Waals surface area contributed by atoms with E-state index in [1.54, 1.807) is 6.92 Å². The summed E-state index contributed by atoms with van der Waals surface area (Å²) in [7, 11) is 0. The second-order valence-corrected chi connectivity index (χ2v) is 6.04. The van der Waals surface area contributed by atoms with E-state index in [9.17, 15) is 28.2 Å². The number of aromatic hydroxyl groups is 2. The third kappa shape index (κ3) is 4.79. The van der Waals surface area contributed by atoms with Crippen LogP contribution in [0.1, 0.15) is 18.1 Å². The lowest BCUT2D eigenvalue weighted by molar-refractivity contribution is -0.137. The number of benzene rings is 2. The molecule has 1 amide bonds. The number of amides is 1. The van der Waals surface area contributed by atoms with E-state index in [0.717, 1.165) is 12.1 Å². The summed E-state index contributed by atoms with van der Waals surface area (Å²) in [6.45, 7) is 1.54. The van der Waals surface area contributed by atoms with Crippen LogP contribution < -0.4 is 5.32 Å². The highest BCUT2D eigenvalue weighted by atomic mass is 35.5. The summed E-state index contributed by atoms with van der Waals surface area (Å²) in [6, 6.07) is 7.19. The highest BCUT2D eigenvalue weighted by Gasteiger charge is 2.34. The Morgan fingerprint density at radius 3 is 2.44 bits per heavy atom.